The zero-order chi connectivity index (χ0) is 30.4. The molecule has 1 heterocycles. The third-order valence-electron chi connectivity index (χ3n) is 7.52. The standard InChI is InChI=1S/C33H39N3O5S/c1-21-12-9-10-17-25(21)35-31(39)30-33(4,5)42-20-36(30)32(40)28(38)26(18-24-15-7-6-8-16-24)34-27(37)19-41-29-22(2)13-11-14-23(29)3/h6-17,26,28,30,38H,18-20H2,1-5H3,(H,34,37)(H,35,39)/t26-,28-,30+/m0/s1. The van der Waals surface area contributed by atoms with Crippen molar-refractivity contribution in [2.75, 3.05) is 17.8 Å². The van der Waals surface area contributed by atoms with Crippen LogP contribution in [0.5, 0.6) is 5.75 Å². The number of hydrogen-bond donors (Lipinski definition) is 3. The molecule has 42 heavy (non-hydrogen) atoms. The van der Waals surface area contributed by atoms with Gasteiger partial charge < -0.3 is 25.4 Å². The Morgan fingerprint density at radius 2 is 1.57 bits per heavy atom. The van der Waals surface area contributed by atoms with E-state index in [1.807, 2.05) is 107 Å². The number of para-hydroxylation sites is 2. The molecule has 9 heteroatoms. The maximum Gasteiger partial charge on any atom is 0.258 e. The van der Waals surface area contributed by atoms with Crippen LogP contribution in [0.2, 0.25) is 0 Å². The lowest BCUT2D eigenvalue weighted by Crippen LogP contribution is -2.58. The predicted octanol–water partition coefficient (Wildman–Crippen LogP) is 4.40. The number of carbonyl (C=O) groups excluding carboxylic acids is 3. The lowest BCUT2D eigenvalue weighted by Gasteiger charge is -2.33. The summed E-state index contributed by atoms with van der Waals surface area (Å²) in [5.41, 5.74) is 4.23. The van der Waals surface area contributed by atoms with Gasteiger partial charge in [-0.3, -0.25) is 14.4 Å². The van der Waals surface area contributed by atoms with Gasteiger partial charge >= 0.3 is 0 Å². The van der Waals surface area contributed by atoms with Crippen molar-refractivity contribution in [3.63, 3.8) is 0 Å². The Morgan fingerprint density at radius 1 is 0.952 bits per heavy atom. The van der Waals surface area contributed by atoms with Gasteiger partial charge in [0.25, 0.3) is 11.8 Å². The summed E-state index contributed by atoms with van der Waals surface area (Å²) in [4.78, 5) is 41.9. The van der Waals surface area contributed by atoms with E-state index in [0.717, 1.165) is 22.3 Å². The van der Waals surface area contributed by atoms with E-state index in [2.05, 4.69) is 10.6 Å². The van der Waals surface area contributed by atoms with E-state index in [1.165, 1.54) is 16.7 Å². The maximum absolute atomic E-state index is 13.8. The molecule has 3 amide bonds. The molecular formula is C33H39N3O5S. The molecule has 0 saturated carbocycles. The first-order chi connectivity index (χ1) is 20.0. The van der Waals surface area contributed by atoms with E-state index < -0.39 is 34.7 Å². The van der Waals surface area contributed by atoms with Crippen molar-refractivity contribution in [1.29, 1.82) is 0 Å². The fraction of sp³-hybridized carbons (Fsp3) is 0.364. The number of nitrogens with one attached hydrogen (secondary N) is 2. The molecule has 0 aliphatic carbocycles. The molecule has 3 N–H and O–H groups in total. The van der Waals surface area contributed by atoms with Gasteiger partial charge in [-0.15, -0.1) is 11.8 Å². The minimum atomic E-state index is -1.59. The molecule has 3 aromatic rings. The number of aliphatic hydroxyl groups is 1. The molecule has 0 bridgehead atoms. The fourth-order valence-corrected chi connectivity index (χ4v) is 6.33. The van der Waals surface area contributed by atoms with E-state index in [9.17, 15) is 19.5 Å². The maximum atomic E-state index is 13.8. The van der Waals surface area contributed by atoms with Crippen LogP contribution in [-0.2, 0) is 20.8 Å². The van der Waals surface area contributed by atoms with Crippen LogP contribution in [-0.4, -0.2) is 63.1 Å². The number of thioether (sulfide) groups is 1. The molecule has 1 aliphatic heterocycles. The molecular weight excluding hydrogens is 550 g/mol. The first-order valence-electron chi connectivity index (χ1n) is 14.0. The summed E-state index contributed by atoms with van der Waals surface area (Å²) in [5.74, 6) is -0.547. The normalized spacial score (nSPS) is 17.3. The molecule has 4 rings (SSSR count). The molecule has 8 nitrogen and oxygen atoms in total. The van der Waals surface area contributed by atoms with Gasteiger partial charge in [0, 0.05) is 10.4 Å². The van der Waals surface area contributed by atoms with E-state index in [1.54, 1.807) is 0 Å². The second-order valence-corrected chi connectivity index (χ2v) is 12.8. The Balaban J connectivity index is 1.52. The van der Waals surface area contributed by atoms with E-state index in [0.29, 0.717) is 11.4 Å². The topological polar surface area (TPSA) is 108 Å². The second kappa shape index (κ2) is 13.4. The van der Waals surface area contributed by atoms with E-state index >= 15 is 0 Å². The molecule has 1 aliphatic rings. The molecule has 222 valence electrons. The molecule has 0 spiro atoms. The number of anilines is 1. The van der Waals surface area contributed by atoms with Crippen molar-refractivity contribution < 1.29 is 24.2 Å². The van der Waals surface area contributed by atoms with Crippen molar-refractivity contribution in [1.82, 2.24) is 10.2 Å². The Bertz CT molecular complexity index is 1410. The highest BCUT2D eigenvalue weighted by Crippen LogP contribution is 2.40. The number of amides is 3. The SMILES string of the molecule is Cc1ccccc1NC(=O)[C@H]1N(C(=O)[C@@H](O)[C@H](Cc2ccccc2)NC(=O)COc2c(C)cccc2C)CSC1(C)C. The minimum absolute atomic E-state index is 0.216. The summed E-state index contributed by atoms with van der Waals surface area (Å²) in [6.07, 6.45) is -1.37. The summed E-state index contributed by atoms with van der Waals surface area (Å²) < 4.78 is 5.22. The Kier molecular flexibility index (Phi) is 9.96. The van der Waals surface area contributed by atoms with Crippen molar-refractivity contribution in [2.24, 2.45) is 0 Å². The number of rotatable bonds is 10. The number of hydrogen-bond acceptors (Lipinski definition) is 6. The average Bonchev–Trinajstić information content (AvgIpc) is 3.28. The molecule has 3 atom stereocenters. The van der Waals surface area contributed by atoms with Crippen LogP contribution < -0.4 is 15.4 Å². The zero-order valence-corrected chi connectivity index (χ0v) is 25.5. The van der Waals surface area contributed by atoms with Crippen LogP contribution in [0, 0.1) is 20.8 Å². The summed E-state index contributed by atoms with van der Waals surface area (Å²) in [6, 6.07) is 20.7. The fourth-order valence-electron chi connectivity index (χ4n) is 5.19. The quantitative estimate of drug-likeness (QED) is 0.324. The molecule has 0 aromatic heterocycles. The number of aryl methyl sites for hydroxylation is 3. The van der Waals surface area contributed by atoms with Gasteiger partial charge in [0.05, 0.1) is 11.9 Å². The third kappa shape index (κ3) is 7.33. The summed E-state index contributed by atoms with van der Waals surface area (Å²) >= 11 is 1.47. The molecule has 3 aromatic carbocycles. The predicted molar refractivity (Wildman–Crippen MR) is 166 cm³/mol. The van der Waals surface area contributed by atoms with Crippen molar-refractivity contribution >= 4 is 35.2 Å². The van der Waals surface area contributed by atoms with Crippen molar-refractivity contribution in [3.05, 3.63) is 95.1 Å². The average molecular weight is 590 g/mol. The van der Waals surface area contributed by atoms with Gasteiger partial charge in [-0.2, -0.15) is 0 Å². The number of aliphatic hydroxyl groups excluding tert-OH is 1. The van der Waals surface area contributed by atoms with Crippen LogP contribution in [0.3, 0.4) is 0 Å². The highest BCUT2D eigenvalue weighted by atomic mass is 32.2. The third-order valence-corrected chi connectivity index (χ3v) is 8.89. The lowest BCUT2D eigenvalue weighted by molar-refractivity contribution is -0.146. The van der Waals surface area contributed by atoms with Crippen LogP contribution in [0.1, 0.15) is 36.1 Å². The van der Waals surface area contributed by atoms with Gasteiger partial charge in [-0.25, -0.2) is 0 Å². The smallest absolute Gasteiger partial charge is 0.258 e. The first kappa shape index (κ1) is 31.1. The Hall–Kier alpha value is -3.82. The zero-order valence-electron chi connectivity index (χ0n) is 24.7. The molecule has 1 fully saturated rings. The highest BCUT2D eigenvalue weighted by molar-refractivity contribution is 8.00. The first-order valence-corrected chi connectivity index (χ1v) is 15.0. The molecule has 0 radical (unpaired) electrons. The van der Waals surface area contributed by atoms with Gasteiger partial charge in [0.15, 0.2) is 12.7 Å². The largest absolute Gasteiger partial charge is 0.483 e. The Labute approximate surface area is 251 Å². The monoisotopic (exact) mass is 589 g/mol. The van der Waals surface area contributed by atoms with Crippen LogP contribution >= 0.6 is 11.8 Å². The van der Waals surface area contributed by atoms with Gasteiger partial charge in [-0.05, 0) is 69.4 Å². The highest BCUT2D eigenvalue weighted by Gasteiger charge is 2.50. The molecule has 0 unspecified atom stereocenters. The number of ether oxygens (including phenoxy) is 1. The summed E-state index contributed by atoms with van der Waals surface area (Å²) in [5, 5.41) is 17.2. The minimum Gasteiger partial charge on any atom is -0.483 e. The summed E-state index contributed by atoms with van der Waals surface area (Å²) in [6.45, 7) is 9.26. The van der Waals surface area contributed by atoms with Crippen molar-refractivity contribution in [3.8, 4) is 5.75 Å². The number of benzene rings is 3. The van der Waals surface area contributed by atoms with Gasteiger partial charge in [0.1, 0.15) is 11.8 Å². The van der Waals surface area contributed by atoms with Gasteiger partial charge in [0.2, 0.25) is 5.91 Å². The second-order valence-electron chi connectivity index (χ2n) is 11.2. The molecule has 1 saturated heterocycles. The Morgan fingerprint density at radius 3 is 2.24 bits per heavy atom. The summed E-state index contributed by atoms with van der Waals surface area (Å²) in [7, 11) is 0. The lowest BCUT2D eigenvalue weighted by atomic mass is 9.97. The van der Waals surface area contributed by atoms with E-state index in [-0.39, 0.29) is 24.8 Å². The number of nitrogens with zero attached hydrogens (tertiary/aromatic N) is 1. The van der Waals surface area contributed by atoms with Crippen LogP contribution in [0.15, 0.2) is 72.8 Å². The van der Waals surface area contributed by atoms with Crippen molar-refractivity contribution in [2.45, 2.75) is 64.0 Å². The number of carbonyl (C=O) groups is 3. The van der Waals surface area contributed by atoms with Crippen LogP contribution in [0.25, 0.3) is 0 Å². The van der Waals surface area contributed by atoms with Gasteiger partial charge in [-0.1, -0.05) is 66.7 Å². The van der Waals surface area contributed by atoms with Crippen LogP contribution in [0.4, 0.5) is 5.69 Å². The van der Waals surface area contributed by atoms with E-state index in [4.69, 9.17) is 4.74 Å².